The number of ether oxygens (including phenoxy) is 2. The van der Waals surface area contributed by atoms with Gasteiger partial charge in [-0.15, -0.1) is 0 Å². The minimum atomic E-state index is -0.486. The lowest BCUT2D eigenvalue weighted by molar-refractivity contribution is -0.158. The van der Waals surface area contributed by atoms with Gasteiger partial charge in [-0.3, -0.25) is 9.59 Å². The first kappa shape index (κ1) is 16.9. The van der Waals surface area contributed by atoms with Crippen molar-refractivity contribution in [3.8, 4) is 0 Å². The molecule has 0 aliphatic carbocycles. The van der Waals surface area contributed by atoms with Gasteiger partial charge in [-0.25, -0.2) is 0 Å². The Labute approximate surface area is 110 Å². The molecule has 0 saturated carbocycles. The van der Waals surface area contributed by atoms with Gasteiger partial charge in [0.1, 0.15) is 12.5 Å². The molecule has 0 aliphatic rings. The van der Waals surface area contributed by atoms with Crippen molar-refractivity contribution in [3.05, 3.63) is 0 Å². The summed E-state index contributed by atoms with van der Waals surface area (Å²) in [6, 6.07) is 0. The number of rotatable bonds is 10. The predicted molar refractivity (Wildman–Crippen MR) is 70.2 cm³/mol. The zero-order valence-corrected chi connectivity index (χ0v) is 11.9. The molecule has 0 aromatic heterocycles. The molecule has 0 spiro atoms. The Morgan fingerprint density at radius 1 is 0.944 bits per heavy atom. The predicted octanol–water partition coefficient (Wildman–Crippen LogP) is 3.23. The third kappa shape index (κ3) is 9.02. The molecule has 4 heteroatoms. The van der Waals surface area contributed by atoms with Gasteiger partial charge in [0.15, 0.2) is 0 Å². The molecule has 0 heterocycles. The van der Waals surface area contributed by atoms with E-state index in [0.29, 0.717) is 6.61 Å². The van der Waals surface area contributed by atoms with Gasteiger partial charge in [0.05, 0.1) is 6.61 Å². The highest BCUT2D eigenvalue weighted by Crippen LogP contribution is 2.10. The third-order valence-corrected chi connectivity index (χ3v) is 2.57. The summed E-state index contributed by atoms with van der Waals surface area (Å²) >= 11 is 0. The maximum Gasteiger partial charge on any atom is 0.317 e. The molecule has 0 rings (SSSR count). The Morgan fingerprint density at radius 3 is 2.06 bits per heavy atom. The van der Waals surface area contributed by atoms with E-state index in [-0.39, 0.29) is 12.5 Å². The first-order valence-corrected chi connectivity index (χ1v) is 6.99. The molecule has 0 saturated heterocycles. The lowest BCUT2D eigenvalue weighted by atomic mass is 10.1. The monoisotopic (exact) mass is 258 g/mol. The Balaban J connectivity index is 3.88. The minimum absolute atomic E-state index is 0.0593. The number of carbonyl (C=O) groups is 2. The van der Waals surface area contributed by atoms with Crippen molar-refractivity contribution in [2.45, 2.75) is 71.8 Å². The Morgan fingerprint density at radius 2 is 1.56 bits per heavy atom. The van der Waals surface area contributed by atoms with Crippen LogP contribution in [0.5, 0.6) is 0 Å². The van der Waals surface area contributed by atoms with E-state index in [1.165, 1.54) is 0 Å². The average molecular weight is 258 g/mol. The second kappa shape index (κ2) is 11.1. The van der Waals surface area contributed by atoms with Gasteiger partial charge < -0.3 is 9.47 Å². The summed E-state index contributed by atoms with van der Waals surface area (Å²) < 4.78 is 10.2. The molecule has 4 nitrogen and oxygen atoms in total. The molecule has 0 aromatic rings. The maximum absolute atomic E-state index is 11.5. The van der Waals surface area contributed by atoms with Crippen LogP contribution in [0.15, 0.2) is 0 Å². The molecule has 0 radical (unpaired) electrons. The van der Waals surface area contributed by atoms with E-state index in [4.69, 9.17) is 9.47 Å². The Bertz CT molecular complexity index is 232. The summed E-state index contributed by atoms with van der Waals surface area (Å²) in [5.41, 5.74) is 0. The van der Waals surface area contributed by atoms with Gasteiger partial charge in [0.25, 0.3) is 0 Å². The highest BCUT2D eigenvalue weighted by atomic mass is 16.6. The molecule has 106 valence electrons. The topological polar surface area (TPSA) is 52.6 Å². The van der Waals surface area contributed by atoms with Crippen molar-refractivity contribution >= 4 is 11.9 Å². The number of carbonyl (C=O) groups excluding carboxylic acids is 2. The molecule has 0 atom stereocenters. The molecule has 18 heavy (non-hydrogen) atoms. The summed E-state index contributed by atoms with van der Waals surface area (Å²) in [5.74, 6) is -0.955. The molecule has 0 N–H and O–H groups in total. The number of hydrogen-bond acceptors (Lipinski definition) is 4. The summed E-state index contributed by atoms with van der Waals surface area (Å²) in [7, 11) is 0. The van der Waals surface area contributed by atoms with Gasteiger partial charge >= 0.3 is 11.9 Å². The highest BCUT2D eigenvalue weighted by molar-refractivity contribution is 5.91. The fraction of sp³-hybridized carbons (Fsp3) is 0.857. The van der Waals surface area contributed by atoms with Crippen LogP contribution in [0, 0.1) is 0 Å². The van der Waals surface area contributed by atoms with Gasteiger partial charge in [-0.1, -0.05) is 40.0 Å². The van der Waals surface area contributed by atoms with E-state index in [0.717, 1.165) is 38.5 Å². The standard InChI is InChI=1S/C14H26O4/c1-4-7-10-17-13(15)11-14(16)18-12(8-5-2)9-6-3/h12H,4-11H2,1-3H3. The SMILES string of the molecule is CCCCOC(=O)CC(=O)OC(CCC)CCC. The zero-order valence-electron chi connectivity index (χ0n) is 11.9. The van der Waals surface area contributed by atoms with Crippen LogP contribution >= 0.6 is 0 Å². The summed E-state index contributed by atoms with van der Waals surface area (Å²) in [6.45, 7) is 6.50. The summed E-state index contributed by atoms with van der Waals surface area (Å²) in [6.07, 6.45) is 5.11. The van der Waals surface area contributed by atoms with Crippen molar-refractivity contribution in [2.75, 3.05) is 6.61 Å². The minimum Gasteiger partial charge on any atom is -0.465 e. The van der Waals surface area contributed by atoms with Crippen LogP contribution in [-0.2, 0) is 19.1 Å². The second-order valence-corrected chi connectivity index (χ2v) is 4.44. The largest absolute Gasteiger partial charge is 0.465 e. The molecule has 0 aliphatic heterocycles. The second-order valence-electron chi connectivity index (χ2n) is 4.44. The number of hydrogen-bond donors (Lipinski definition) is 0. The molecule has 0 bridgehead atoms. The fourth-order valence-corrected chi connectivity index (χ4v) is 1.63. The Kier molecular flexibility index (Phi) is 10.4. The molecular formula is C14H26O4. The third-order valence-electron chi connectivity index (χ3n) is 2.57. The number of unbranched alkanes of at least 4 members (excludes halogenated alkanes) is 1. The van der Waals surface area contributed by atoms with E-state index >= 15 is 0 Å². The van der Waals surface area contributed by atoms with Crippen molar-refractivity contribution in [2.24, 2.45) is 0 Å². The van der Waals surface area contributed by atoms with Crippen LogP contribution in [0.25, 0.3) is 0 Å². The van der Waals surface area contributed by atoms with E-state index in [1.54, 1.807) is 0 Å². The molecule has 0 fully saturated rings. The van der Waals surface area contributed by atoms with Crippen LogP contribution < -0.4 is 0 Å². The van der Waals surface area contributed by atoms with Crippen molar-refractivity contribution in [1.29, 1.82) is 0 Å². The van der Waals surface area contributed by atoms with E-state index in [9.17, 15) is 9.59 Å². The molecule has 0 unspecified atom stereocenters. The lowest BCUT2D eigenvalue weighted by Crippen LogP contribution is -2.21. The van der Waals surface area contributed by atoms with E-state index in [1.807, 2.05) is 6.92 Å². The zero-order chi connectivity index (χ0) is 13.8. The quantitative estimate of drug-likeness (QED) is 0.343. The maximum atomic E-state index is 11.5. The van der Waals surface area contributed by atoms with Gasteiger partial charge in [0, 0.05) is 0 Å². The van der Waals surface area contributed by atoms with Crippen LogP contribution in [-0.4, -0.2) is 24.6 Å². The molecular weight excluding hydrogens is 232 g/mol. The highest BCUT2D eigenvalue weighted by Gasteiger charge is 2.16. The normalized spacial score (nSPS) is 10.4. The van der Waals surface area contributed by atoms with Crippen molar-refractivity contribution in [1.82, 2.24) is 0 Å². The van der Waals surface area contributed by atoms with Crippen LogP contribution in [0.3, 0.4) is 0 Å². The van der Waals surface area contributed by atoms with Gasteiger partial charge in [0.2, 0.25) is 0 Å². The lowest BCUT2D eigenvalue weighted by Gasteiger charge is -2.16. The molecule has 0 amide bonds. The first-order chi connectivity index (χ1) is 8.63. The Hall–Kier alpha value is -1.06. The van der Waals surface area contributed by atoms with E-state index in [2.05, 4.69) is 13.8 Å². The van der Waals surface area contributed by atoms with Crippen LogP contribution in [0.4, 0.5) is 0 Å². The smallest absolute Gasteiger partial charge is 0.317 e. The fourth-order valence-electron chi connectivity index (χ4n) is 1.63. The van der Waals surface area contributed by atoms with Crippen LogP contribution in [0.2, 0.25) is 0 Å². The summed E-state index contributed by atoms with van der Waals surface area (Å²) in [5, 5.41) is 0. The van der Waals surface area contributed by atoms with Crippen molar-refractivity contribution in [3.63, 3.8) is 0 Å². The van der Waals surface area contributed by atoms with Gasteiger partial charge in [-0.2, -0.15) is 0 Å². The number of esters is 2. The first-order valence-electron chi connectivity index (χ1n) is 6.99. The van der Waals surface area contributed by atoms with Crippen LogP contribution in [0.1, 0.15) is 65.7 Å². The van der Waals surface area contributed by atoms with Crippen molar-refractivity contribution < 1.29 is 19.1 Å². The van der Waals surface area contributed by atoms with Gasteiger partial charge in [-0.05, 0) is 19.3 Å². The average Bonchev–Trinajstić information content (AvgIpc) is 2.29. The molecule has 0 aromatic carbocycles. The van der Waals surface area contributed by atoms with E-state index < -0.39 is 11.9 Å². The summed E-state index contributed by atoms with van der Waals surface area (Å²) in [4.78, 5) is 22.8.